The van der Waals surface area contributed by atoms with Crippen LogP contribution in [0.25, 0.3) is 0 Å². The van der Waals surface area contributed by atoms with Gasteiger partial charge in [-0.1, -0.05) is 40.6 Å². The van der Waals surface area contributed by atoms with Crippen molar-refractivity contribution in [1.29, 1.82) is 0 Å². The molecular formula is C13H16N4O4S3. The van der Waals surface area contributed by atoms with E-state index in [4.69, 9.17) is 4.84 Å². The van der Waals surface area contributed by atoms with Crippen molar-refractivity contribution in [2.45, 2.75) is 16.2 Å². The van der Waals surface area contributed by atoms with Crippen molar-refractivity contribution in [1.82, 2.24) is 14.7 Å². The first-order valence-electron chi connectivity index (χ1n) is 6.79. The highest BCUT2D eigenvalue weighted by atomic mass is 32.2. The van der Waals surface area contributed by atoms with Crippen molar-refractivity contribution in [3.8, 4) is 0 Å². The lowest BCUT2D eigenvalue weighted by atomic mass is 10.2. The number of aromatic nitrogens is 2. The van der Waals surface area contributed by atoms with Gasteiger partial charge in [0.05, 0.1) is 12.0 Å². The van der Waals surface area contributed by atoms with Gasteiger partial charge < -0.3 is 0 Å². The van der Waals surface area contributed by atoms with Gasteiger partial charge in [-0.3, -0.25) is 14.9 Å². The average Bonchev–Trinajstić information content (AvgIpc) is 3.01. The number of benzene rings is 1. The molecule has 0 spiro atoms. The number of nitrogens with one attached hydrogen (secondary N) is 1. The highest BCUT2D eigenvalue weighted by Crippen LogP contribution is 2.25. The van der Waals surface area contributed by atoms with Crippen LogP contribution in [0.15, 0.2) is 33.5 Å². The van der Waals surface area contributed by atoms with Crippen LogP contribution in [-0.4, -0.2) is 48.9 Å². The van der Waals surface area contributed by atoms with Gasteiger partial charge in [-0.15, -0.1) is 10.2 Å². The standard InChI is InChI=1S/C13H16N4O4S3/c1-4-22-13-16-15-12(23-13)14-11(18)9-6-5-7-10(8-9)24(19,20)17(2)21-3/h5-8H,4H2,1-3H3,(H,14,15,18). The van der Waals surface area contributed by atoms with E-state index in [1.165, 1.54) is 61.5 Å². The van der Waals surface area contributed by atoms with Crippen molar-refractivity contribution >= 4 is 44.2 Å². The number of amides is 1. The van der Waals surface area contributed by atoms with E-state index in [2.05, 4.69) is 15.5 Å². The molecule has 0 radical (unpaired) electrons. The van der Waals surface area contributed by atoms with Crippen LogP contribution in [-0.2, 0) is 14.9 Å². The number of carbonyl (C=O) groups excluding carboxylic acids is 1. The molecular weight excluding hydrogens is 372 g/mol. The van der Waals surface area contributed by atoms with Gasteiger partial charge in [-0.2, -0.15) is 0 Å². The maximum atomic E-state index is 12.3. The molecule has 0 aliphatic rings. The molecule has 1 aromatic carbocycles. The zero-order valence-corrected chi connectivity index (χ0v) is 15.7. The van der Waals surface area contributed by atoms with Crippen LogP contribution in [0.2, 0.25) is 0 Å². The summed E-state index contributed by atoms with van der Waals surface area (Å²) in [5, 5.41) is 10.8. The first-order chi connectivity index (χ1) is 11.4. The Balaban J connectivity index is 2.20. The summed E-state index contributed by atoms with van der Waals surface area (Å²) in [5.74, 6) is 0.395. The molecule has 1 aromatic heterocycles. The average molecular weight is 388 g/mol. The molecule has 1 heterocycles. The molecule has 0 aliphatic heterocycles. The molecule has 8 nitrogen and oxygen atoms in total. The first-order valence-corrected chi connectivity index (χ1v) is 10.0. The summed E-state index contributed by atoms with van der Waals surface area (Å²) in [7, 11) is -1.30. The molecule has 0 aliphatic carbocycles. The molecule has 0 bridgehead atoms. The van der Waals surface area contributed by atoms with Crippen molar-refractivity contribution in [2.75, 3.05) is 25.2 Å². The SMILES string of the molecule is CCSc1nnc(NC(=O)c2cccc(S(=O)(=O)N(C)OC)c2)s1. The molecule has 24 heavy (non-hydrogen) atoms. The maximum Gasteiger partial charge on any atom is 0.264 e. The predicted octanol–water partition coefficient (Wildman–Crippen LogP) is 2.08. The third-order valence-corrected chi connectivity index (χ3v) is 6.41. The van der Waals surface area contributed by atoms with E-state index in [-0.39, 0.29) is 10.5 Å². The van der Waals surface area contributed by atoms with Gasteiger partial charge >= 0.3 is 0 Å². The van der Waals surface area contributed by atoms with Crippen molar-refractivity contribution in [2.24, 2.45) is 0 Å². The van der Waals surface area contributed by atoms with Crippen LogP contribution in [0.5, 0.6) is 0 Å². The Bertz CT molecular complexity index is 822. The van der Waals surface area contributed by atoms with E-state index >= 15 is 0 Å². The molecule has 1 N–H and O–H groups in total. The van der Waals surface area contributed by atoms with Crippen LogP contribution in [0.3, 0.4) is 0 Å². The van der Waals surface area contributed by atoms with Gasteiger partial charge in [0.2, 0.25) is 5.13 Å². The van der Waals surface area contributed by atoms with Gasteiger partial charge in [0.25, 0.3) is 15.9 Å². The number of hydrogen-bond donors (Lipinski definition) is 1. The van der Waals surface area contributed by atoms with Crippen LogP contribution in [0, 0.1) is 0 Å². The highest BCUT2D eigenvalue weighted by molar-refractivity contribution is 8.01. The lowest BCUT2D eigenvalue weighted by Gasteiger charge is -2.14. The number of anilines is 1. The Morgan fingerprint density at radius 3 is 2.83 bits per heavy atom. The molecule has 130 valence electrons. The smallest absolute Gasteiger partial charge is 0.264 e. The Morgan fingerprint density at radius 2 is 2.17 bits per heavy atom. The second-order valence-corrected chi connectivity index (χ2v) is 8.81. The number of sulfonamides is 1. The lowest BCUT2D eigenvalue weighted by Crippen LogP contribution is -2.26. The fraction of sp³-hybridized carbons (Fsp3) is 0.308. The van der Waals surface area contributed by atoms with Gasteiger partial charge in [-0.05, 0) is 24.0 Å². The van der Waals surface area contributed by atoms with E-state index in [9.17, 15) is 13.2 Å². The Kier molecular flexibility index (Phi) is 6.29. The summed E-state index contributed by atoms with van der Waals surface area (Å²) in [6, 6.07) is 5.68. The molecule has 0 unspecified atom stereocenters. The summed E-state index contributed by atoms with van der Waals surface area (Å²) < 4.78 is 25.9. The monoisotopic (exact) mass is 388 g/mol. The number of thioether (sulfide) groups is 1. The fourth-order valence-electron chi connectivity index (χ4n) is 1.66. The molecule has 11 heteroatoms. The molecule has 0 saturated heterocycles. The number of rotatable bonds is 7. The quantitative estimate of drug-likeness (QED) is 0.440. The van der Waals surface area contributed by atoms with E-state index < -0.39 is 15.9 Å². The molecule has 0 fully saturated rings. The van der Waals surface area contributed by atoms with Gasteiger partial charge in [-0.25, -0.2) is 8.42 Å². The number of hydroxylamine groups is 1. The van der Waals surface area contributed by atoms with E-state index in [0.29, 0.717) is 5.13 Å². The Labute approximate surface area is 148 Å². The van der Waals surface area contributed by atoms with Gasteiger partial charge in [0.15, 0.2) is 4.34 Å². The van der Waals surface area contributed by atoms with Crippen LogP contribution in [0.1, 0.15) is 17.3 Å². The number of hydrogen-bond acceptors (Lipinski definition) is 8. The second-order valence-electron chi connectivity index (χ2n) is 4.39. The van der Waals surface area contributed by atoms with Crippen LogP contribution < -0.4 is 5.32 Å². The third-order valence-electron chi connectivity index (χ3n) is 2.88. The van der Waals surface area contributed by atoms with Crippen molar-refractivity contribution in [3.05, 3.63) is 29.8 Å². The topological polar surface area (TPSA) is 101 Å². The zero-order valence-electron chi connectivity index (χ0n) is 13.2. The van der Waals surface area contributed by atoms with E-state index in [1.54, 1.807) is 0 Å². The summed E-state index contributed by atoms with van der Waals surface area (Å²) >= 11 is 2.79. The minimum atomic E-state index is -3.82. The molecule has 2 aromatic rings. The molecule has 0 atom stereocenters. The van der Waals surface area contributed by atoms with Crippen molar-refractivity contribution in [3.63, 3.8) is 0 Å². The maximum absolute atomic E-state index is 12.3. The van der Waals surface area contributed by atoms with E-state index in [0.717, 1.165) is 14.6 Å². The van der Waals surface area contributed by atoms with Crippen LogP contribution >= 0.6 is 23.1 Å². The summed E-state index contributed by atoms with van der Waals surface area (Å²) in [6.45, 7) is 1.99. The van der Waals surface area contributed by atoms with Gasteiger partial charge in [0, 0.05) is 12.6 Å². The largest absolute Gasteiger partial charge is 0.296 e. The Hall–Kier alpha value is -1.53. The number of carbonyl (C=O) groups is 1. The van der Waals surface area contributed by atoms with E-state index in [1.807, 2.05) is 6.92 Å². The normalized spacial score (nSPS) is 11.7. The lowest BCUT2D eigenvalue weighted by molar-refractivity contribution is -0.0258. The third kappa shape index (κ3) is 4.30. The second kappa shape index (κ2) is 8.03. The highest BCUT2D eigenvalue weighted by Gasteiger charge is 2.22. The molecule has 0 saturated carbocycles. The predicted molar refractivity (Wildman–Crippen MR) is 92.7 cm³/mol. The van der Waals surface area contributed by atoms with Crippen molar-refractivity contribution < 1.29 is 18.0 Å². The fourth-order valence-corrected chi connectivity index (χ4v) is 4.32. The van der Waals surface area contributed by atoms with Crippen LogP contribution in [0.4, 0.5) is 5.13 Å². The number of nitrogens with zero attached hydrogens (tertiary/aromatic N) is 3. The Morgan fingerprint density at radius 1 is 1.42 bits per heavy atom. The molecule has 2 rings (SSSR count). The zero-order chi connectivity index (χ0) is 17.7. The summed E-state index contributed by atoms with van der Waals surface area (Å²) in [5.41, 5.74) is 0.195. The summed E-state index contributed by atoms with van der Waals surface area (Å²) in [4.78, 5) is 17.0. The first kappa shape index (κ1) is 18.8. The minimum Gasteiger partial charge on any atom is -0.296 e. The molecule has 1 amide bonds. The minimum absolute atomic E-state index is 0.0426. The van der Waals surface area contributed by atoms with Gasteiger partial charge in [0.1, 0.15) is 0 Å². The summed E-state index contributed by atoms with van der Waals surface area (Å²) in [6.07, 6.45) is 0.